The molecule has 0 aliphatic carbocycles. The Labute approximate surface area is 153 Å². The average Bonchev–Trinajstić information content (AvgIpc) is 2.62. The standard InChI is InChI=1S/C20H17BrO4/c1-2-19(23)24-11-16(22)12-25-20-17-6-4-3-5-13(17)9-14-10-15(21)7-8-18(14)20/h2-10,16,22H,1,11-12H2. The molecule has 0 fully saturated rings. The number of rotatable bonds is 6. The van der Waals surface area contributed by atoms with Gasteiger partial charge in [0.15, 0.2) is 0 Å². The van der Waals surface area contributed by atoms with Gasteiger partial charge in [-0.05, 0) is 35.0 Å². The Bertz CT molecular complexity index is 936. The first kappa shape index (κ1) is 17.5. The molecule has 0 spiro atoms. The van der Waals surface area contributed by atoms with Gasteiger partial charge in [-0.3, -0.25) is 0 Å². The molecule has 3 rings (SSSR count). The molecule has 128 valence electrons. The zero-order valence-electron chi connectivity index (χ0n) is 13.4. The maximum atomic E-state index is 11.1. The lowest BCUT2D eigenvalue weighted by molar-refractivity contribution is -0.141. The van der Waals surface area contributed by atoms with Crippen molar-refractivity contribution in [2.45, 2.75) is 6.10 Å². The van der Waals surface area contributed by atoms with Gasteiger partial charge in [0.1, 0.15) is 25.1 Å². The van der Waals surface area contributed by atoms with Crippen LogP contribution in [0.2, 0.25) is 0 Å². The number of aliphatic hydroxyl groups excluding tert-OH is 1. The number of hydrogen-bond acceptors (Lipinski definition) is 4. The van der Waals surface area contributed by atoms with Crippen LogP contribution in [0.25, 0.3) is 21.5 Å². The summed E-state index contributed by atoms with van der Waals surface area (Å²) in [4.78, 5) is 11.1. The normalized spacial score (nSPS) is 12.1. The summed E-state index contributed by atoms with van der Waals surface area (Å²) in [5.74, 6) is 0.134. The van der Waals surface area contributed by atoms with Gasteiger partial charge in [0.2, 0.25) is 0 Å². The first-order valence-electron chi connectivity index (χ1n) is 7.79. The highest BCUT2D eigenvalue weighted by atomic mass is 79.9. The van der Waals surface area contributed by atoms with E-state index in [1.807, 2.05) is 42.5 Å². The number of hydrogen-bond donors (Lipinski definition) is 1. The van der Waals surface area contributed by atoms with Crippen molar-refractivity contribution in [2.24, 2.45) is 0 Å². The van der Waals surface area contributed by atoms with E-state index in [1.54, 1.807) is 0 Å². The monoisotopic (exact) mass is 400 g/mol. The zero-order valence-corrected chi connectivity index (χ0v) is 15.0. The predicted octanol–water partition coefficient (Wildman–Crippen LogP) is 4.22. The number of carbonyl (C=O) groups excluding carboxylic acids is 1. The second-order valence-electron chi connectivity index (χ2n) is 5.59. The number of benzene rings is 3. The van der Waals surface area contributed by atoms with E-state index >= 15 is 0 Å². The number of halogens is 1. The summed E-state index contributed by atoms with van der Waals surface area (Å²) in [6.45, 7) is 3.19. The fourth-order valence-corrected chi connectivity index (χ4v) is 3.00. The van der Waals surface area contributed by atoms with Crippen molar-refractivity contribution in [3.8, 4) is 5.75 Å². The summed E-state index contributed by atoms with van der Waals surface area (Å²) >= 11 is 3.49. The summed E-state index contributed by atoms with van der Waals surface area (Å²) in [7, 11) is 0. The molecule has 25 heavy (non-hydrogen) atoms. The molecule has 0 aliphatic rings. The second kappa shape index (κ2) is 7.68. The fourth-order valence-electron chi connectivity index (χ4n) is 2.62. The van der Waals surface area contributed by atoms with Gasteiger partial charge in [0, 0.05) is 21.3 Å². The van der Waals surface area contributed by atoms with E-state index in [0.29, 0.717) is 5.75 Å². The molecular weight excluding hydrogens is 384 g/mol. The van der Waals surface area contributed by atoms with Gasteiger partial charge in [-0.15, -0.1) is 0 Å². The Hall–Kier alpha value is -2.37. The average molecular weight is 401 g/mol. The molecule has 0 saturated heterocycles. The van der Waals surface area contributed by atoms with Gasteiger partial charge in [-0.2, -0.15) is 0 Å². The molecule has 5 heteroatoms. The number of fused-ring (bicyclic) bond motifs is 2. The Balaban J connectivity index is 1.90. The van der Waals surface area contributed by atoms with Crippen LogP contribution in [0.1, 0.15) is 0 Å². The number of ether oxygens (including phenoxy) is 2. The van der Waals surface area contributed by atoms with Gasteiger partial charge in [-0.1, -0.05) is 46.8 Å². The molecular formula is C20H17BrO4. The van der Waals surface area contributed by atoms with Crippen molar-refractivity contribution in [3.05, 3.63) is 65.7 Å². The van der Waals surface area contributed by atoms with Crippen molar-refractivity contribution < 1.29 is 19.4 Å². The summed E-state index contributed by atoms with van der Waals surface area (Å²) in [5.41, 5.74) is 0. The van der Waals surface area contributed by atoms with E-state index in [-0.39, 0.29) is 13.2 Å². The van der Waals surface area contributed by atoms with E-state index in [4.69, 9.17) is 9.47 Å². The maximum absolute atomic E-state index is 11.1. The third kappa shape index (κ3) is 4.00. The van der Waals surface area contributed by atoms with Crippen LogP contribution in [0.4, 0.5) is 0 Å². The highest BCUT2D eigenvalue weighted by molar-refractivity contribution is 9.10. The summed E-state index contributed by atoms with van der Waals surface area (Å²) in [6.07, 6.45) is 0.136. The van der Waals surface area contributed by atoms with E-state index in [9.17, 15) is 9.90 Å². The second-order valence-corrected chi connectivity index (χ2v) is 6.51. The summed E-state index contributed by atoms with van der Waals surface area (Å²) < 4.78 is 11.7. The molecule has 0 saturated carbocycles. The Kier molecular flexibility index (Phi) is 5.36. The third-order valence-corrected chi connectivity index (χ3v) is 4.27. The summed E-state index contributed by atoms with van der Waals surface area (Å²) in [5, 5.41) is 14.0. The van der Waals surface area contributed by atoms with Crippen molar-refractivity contribution in [1.29, 1.82) is 0 Å². The first-order chi connectivity index (χ1) is 12.1. The quantitative estimate of drug-likeness (QED) is 0.382. The van der Waals surface area contributed by atoms with Crippen LogP contribution in [0.15, 0.2) is 65.7 Å². The highest BCUT2D eigenvalue weighted by Crippen LogP contribution is 2.36. The van der Waals surface area contributed by atoms with Crippen LogP contribution in [0, 0.1) is 0 Å². The van der Waals surface area contributed by atoms with E-state index in [0.717, 1.165) is 32.1 Å². The van der Waals surface area contributed by atoms with Gasteiger partial charge < -0.3 is 14.6 Å². The van der Waals surface area contributed by atoms with Crippen LogP contribution in [0.5, 0.6) is 5.75 Å². The largest absolute Gasteiger partial charge is 0.489 e. The number of aliphatic hydroxyl groups is 1. The molecule has 0 aromatic heterocycles. The number of esters is 1. The lowest BCUT2D eigenvalue weighted by Gasteiger charge is -2.16. The van der Waals surface area contributed by atoms with Crippen LogP contribution >= 0.6 is 15.9 Å². The number of carbonyl (C=O) groups is 1. The first-order valence-corrected chi connectivity index (χ1v) is 8.59. The van der Waals surface area contributed by atoms with Gasteiger partial charge in [0.25, 0.3) is 0 Å². The molecule has 3 aromatic rings. The van der Waals surface area contributed by atoms with Crippen molar-refractivity contribution in [1.82, 2.24) is 0 Å². The molecule has 1 N–H and O–H groups in total. The van der Waals surface area contributed by atoms with Crippen molar-refractivity contribution in [3.63, 3.8) is 0 Å². The van der Waals surface area contributed by atoms with Gasteiger partial charge >= 0.3 is 5.97 Å². The Morgan fingerprint density at radius 2 is 1.88 bits per heavy atom. The molecule has 0 bridgehead atoms. The van der Waals surface area contributed by atoms with Gasteiger partial charge in [0.05, 0.1) is 0 Å². The lowest BCUT2D eigenvalue weighted by atomic mass is 10.0. The zero-order chi connectivity index (χ0) is 17.8. The molecule has 1 atom stereocenters. The van der Waals surface area contributed by atoms with Crippen molar-refractivity contribution in [2.75, 3.05) is 13.2 Å². The minimum absolute atomic E-state index is 0.0175. The molecule has 0 aliphatic heterocycles. The van der Waals surface area contributed by atoms with Crippen LogP contribution in [-0.4, -0.2) is 30.4 Å². The third-order valence-electron chi connectivity index (χ3n) is 3.78. The van der Waals surface area contributed by atoms with Crippen LogP contribution in [0.3, 0.4) is 0 Å². The smallest absolute Gasteiger partial charge is 0.330 e. The Morgan fingerprint density at radius 3 is 2.68 bits per heavy atom. The SMILES string of the molecule is C=CC(=O)OCC(O)COc1c2ccccc2cc2cc(Br)ccc12. The highest BCUT2D eigenvalue weighted by Gasteiger charge is 2.13. The fraction of sp³-hybridized carbons (Fsp3) is 0.150. The molecule has 0 radical (unpaired) electrons. The van der Waals surface area contributed by atoms with Crippen molar-refractivity contribution >= 4 is 43.4 Å². The van der Waals surface area contributed by atoms with E-state index < -0.39 is 12.1 Å². The van der Waals surface area contributed by atoms with Crippen LogP contribution in [-0.2, 0) is 9.53 Å². The maximum Gasteiger partial charge on any atom is 0.330 e. The topological polar surface area (TPSA) is 55.8 Å². The minimum atomic E-state index is -0.923. The lowest BCUT2D eigenvalue weighted by Crippen LogP contribution is -2.24. The molecule has 4 nitrogen and oxygen atoms in total. The van der Waals surface area contributed by atoms with Gasteiger partial charge in [-0.25, -0.2) is 4.79 Å². The molecule has 0 heterocycles. The predicted molar refractivity (Wildman–Crippen MR) is 102 cm³/mol. The Morgan fingerprint density at radius 1 is 1.12 bits per heavy atom. The van der Waals surface area contributed by atoms with Crippen LogP contribution < -0.4 is 4.74 Å². The van der Waals surface area contributed by atoms with E-state index in [1.165, 1.54) is 0 Å². The summed E-state index contributed by atoms with van der Waals surface area (Å²) in [6, 6.07) is 16.0. The molecule has 1 unspecified atom stereocenters. The molecule has 3 aromatic carbocycles. The van der Waals surface area contributed by atoms with E-state index in [2.05, 4.69) is 28.6 Å². The molecule has 0 amide bonds. The minimum Gasteiger partial charge on any atom is -0.489 e.